The summed E-state index contributed by atoms with van der Waals surface area (Å²) in [6.07, 6.45) is 0.130. The summed E-state index contributed by atoms with van der Waals surface area (Å²) in [5.41, 5.74) is 9.47. The number of ether oxygens (including phenoxy) is 1. The first kappa shape index (κ1) is 34.3. The van der Waals surface area contributed by atoms with Crippen LogP contribution in [0, 0.1) is 5.41 Å². The van der Waals surface area contributed by atoms with Crippen LogP contribution in [0.15, 0.2) is 120 Å². The van der Waals surface area contributed by atoms with E-state index in [4.69, 9.17) is 10.5 Å². The van der Waals surface area contributed by atoms with Gasteiger partial charge < -0.3 is 15.6 Å². The molecule has 0 radical (unpaired) electrons. The van der Waals surface area contributed by atoms with Crippen molar-refractivity contribution in [3.8, 4) is 5.75 Å². The van der Waals surface area contributed by atoms with Crippen LogP contribution in [-0.2, 0) is 29.5 Å². The molecule has 240 valence electrons. The molecule has 0 saturated heterocycles. The van der Waals surface area contributed by atoms with Crippen molar-refractivity contribution >= 4 is 10.0 Å². The largest absolute Gasteiger partial charge is 0.497 e. The third-order valence-corrected chi connectivity index (χ3v) is 9.93. The van der Waals surface area contributed by atoms with Gasteiger partial charge >= 0.3 is 0 Å². The van der Waals surface area contributed by atoms with Gasteiger partial charge in [-0.3, -0.25) is 4.90 Å². The maximum Gasteiger partial charge on any atom is 0.243 e. The van der Waals surface area contributed by atoms with Crippen LogP contribution >= 0.6 is 0 Å². The van der Waals surface area contributed by atoms with Gasteiger partial charge in [0.15, 0.2) is 0 Å². The molecule has 0 saturated carbocycles. The smallest absolute Gasteiger partial charge is 0.243 e. The summed E-state index contributed by atoms with van der Waals surface area (Å²) < 4.78 is 34.8. The molecule has 7 nitrogen and oxygen atoms in total. The number of nitrogens with two attached hydrogens (primary N) is 1. The monoisotopic (exact) mass is 629 g/mol. The van der Waals surface area contributed by atoms with Gasteiger partial charge in [-0.2, -0.15) is 4.31 Å². The van der Waals surface area contributed by atoms with E-state index in [2.05, 4.69) is 67.3 Å². The predicted octanol–water partition coefficient (Wildman–Crippen LogP) is 5.74. The van der Waals surface area contributed by atoms with Crippen LogP contribution in [0.2, 0.25) is 0 Å². The van der Waals surface area contributed by atoms with Crippen LogP contribution < -0.4 is 10.5 Å². The predicted molar refractivity (Wildman–Crippen MR) is 181 cm³/mol. The molecule has 0 aliphatic rings. The number of aliphatic hydroxyl groups is 1. The molecule has 4 rings (SSSR count). The molecular weight excluding hydrogens is 582 g/mol. The molecule has 0 aliphatic heterocycles. The third-order valence-electron chi connectivity index (χ3n) is 8.10. The van der Waals surface area contributed by atoms with E-state index in [1.807, 2.05) is 42.5 Å². The lowest BCUT2D eigenvalue weighted by Crippen LogP contribution is -2.49. The van der Waals surface area contributed by atoms with Gasteiger partial charge in [-0.05, 0) is 65.8 Å². The van der Waals surface area contributed by atoms with E-state index in [0.29, 0.717) is 12.2 Å². The Labute approximate surface area is 269 Å². The molecule has 4 aromatic rings. The minimum atomic E-state index is -3.95. The Hall–Kier alpha value is -3.53. The second-order valence-corrected chi connectivity index (χ2v) is 14.4. The molecule has 0 bridgehead atoms. The number of nitrogens with zero attached hydrogens (tertiary/aromatic N) is 2. The number of methoxy groups -OCH3 is 1. The Morgan fingerprint density at radius 3 is 1.76 bits per heavy atom. The Balaban J connectivity index is 1.53. The standard InChI is InChI=1S/C37H47N3O4S/c1-37(2,23-24-39(26-31-15-9-5-10-16-31)27-32-17-11-6-12-18-32)29-40(45(42,43)34-21-19-33(44-3)20-22-34)28-36(41)35(38)25-30-13-7-4-8-14-30/h4-22,35-36,41H,23-29,38H2,1-3H3. The van der Waals surface area contributed by atoms with Crippen molar-refractivity contribution in [3.63, 3.8) is 0 Å². The minimum absolute atomic E-state index is 0.108. The van der Waals surface area contributed by atoms with E-state index in [0.717, 1.165) is 31.6 Å². The van der Waals surface area contributed by atoms with Crippen molar-refractivity contribution < 1.29 is 18.3 Å². The lowest BCUT2D eigenvalue weighted by Gasteiger charge is -2.35. The molecule has 0 aromatic heterocycles. The molecule has 0 fully saturated rings. The zero-order valence-corrected chi connectivity index (χ0v) is 27.4. The average molecular weight is 630 g/mol. The van der Waals surface area contributed by atoms with E-state index < -0.39 is 27.6 Å². The van der Waals surface area contributed by atoms with Crippen LogP contribution in [0.25, 0.3) is 0 Å². The van der Waals surface area contributed by atoms with Crippen molar-refractivity contribution in [1.29, 1.82) is 0 Å². The third kappa shape index (κ3) is 10.5. The molecule has 0 heterocycles. The fourth-order valence-corrected chi connectivity index (χ4v) is 7.07. The fourth-order valence-electron chi connectivity index (χ4n) is 5.43. The molecule has 3 N–H and O–H groups in total. The molecule has 4 aromatic carbocycles. The molecule has 0 aliphatic carbocycles. The average Bonchev–Trinajstić information content (AvgIpc) is 3.04. The number of benzene rings is 4. The highest BCUT2D eigenvalue weighted by atomic mass is 32.2. The Bertz CT molecular complexity index is 1490. The summed E-state index contributed by atoms with van der Waals surface area (Å²) in [5, 5.41) is 11.2. The number of hydrogen-bond acceptors (Lipinski definition) is 6. The zero-order chi connectivity index (χ0) is 32.3. The summed E-state index contributed by atoms with van der Waals surface area (Å²) in [5.74, 6) is 0.572. The topological polar surface area (TPSA) is 96.1 Å². The molecule has 0 spiro atoms. The van der Waals surface area contributed by atoms with Gasteiger partial charge in [0.25, 0.3) is 0 Å². The number of rotatable bonds is 17. The number of aliphatic hydroxyl groups excluding tert-OH is 1. The first-order chi connectivity index (χ1) is 21.6. The van der Waals surface area contributed by atoms with Crippen molar-refractivity contribution in [2.24, 2.45) is 11.1 Å². The number of hydrogen-bond donors (Lipinski definition) is 2. The zero-order valence-electron chi connectivity index (χ0n) is 26.6. The summed E-state index contributed by atoms with van der Waals surface area (Å²) >= 11 is 0. The first-order valence-electron chi connectivity index (χ1n) is 15.5. The van der Waals surface area contributed by atoms with E-state index in [1.54, 1.807) is 31.4 Å². The maximum atomic E-state index is 14.1. The summed E-state index contributed by atoms with van der Waals surface area (Å²) in [6, 6.07) is 36.2. The molecule has 8 heteroatoms. The van der Waals surface area contributed by atoms with E-state index >= 15 is 0 Å². The van der Waals surface area contributed by atoms with E-state index in [9.17, 15) is 13.5 Å². The highest BCUT2D eigenvalue weighted by molar-refractivity contribution is 7.89. The Morgan fingerprint density at radius 1 is 0.778 bits per heavy atom. The van der Waals surface area contributed by atoms with Crippen LogP contribution in [0.5, 0.6) is 5.75 Å². The van der Waals surface area contributed by atoms with Crippen LogP contribution in [0.1, 0.15) is 37.0 Å². The van der Waals surface area contributed by atoms with Gasteiger partial charge in [0.05, 0.1) is 18.1 Å². The van der Waals surface area contributed by atoms with Crippen LogP contribution in [0.4, 0.5) is 0 Å². The lowest BCUT2D eigenvalue weighted by atomic mass is 9.88. The highest BCUT2D eigenvalue weighted by Crippen LogP contribution is 2.28. The second kappa shape index (κ2) is 16.2. The van der Waals surface area contributed by atoms with Gasteiger partial charge in [0.2, 0.25) is 10.0 Å². The number of sulfonamides is 1. The quantitative estimate of drug-likeness (QED) is 0.155. The summed E-state index contributed by atoms with van der Waals surface area (Å²) in [7, 11) is -2.40. The summed E-state index contributed by atoms with van der Waals surface area (Å²) in [6.45, 7) is 6.62. The first-order valence-corrected chi connectivity index (χ1v) is 16.9. The SMILES string of the molecule is COc1ccc(S(=O)(=O)N(CC(O)C(N)Cc2ccccc2)CC(C)(C)CCN(Cc2ccccc2)Cc2ccccc2)cc1. The van der Waals surface area contributed by atoms with Crippen LogP contribution in [0.3, 0.4) is 0 Å². The molecular formula is C37H47N3O4S. The van der Waals surface area contributed by atoms with E-state index in [1.165, 1.54) is 15.4 Å². The summed E-state index contributed by atoms with van der Waals surface area (Å²) in [4.78, 5) is 2.55. The van der Waals surface area contributed by atoms with Gasteiger partial charge in [-0.15, -0.1) is 0 Å². The Morgan fingerprint density at radius 2 is 1.27 bits per heavy atom. The highest BCUT2D eigenvalue weighted by Gasteiger charge is 2.34. The van der Waals surface area contributed by atoms with Gasteiger partial charge in [0, 0.05) is 32.2 Å². The molecule has 2 atom stereocenters. The minimum Gasteiger partial charge on any atom is -0.497 e. The Kier molecular flexibility index (Phi) is 12.3. The van der Waals surface area contributed by atoms with Crippen molar-refractivity contribution in [2.75, 3.05) is 26.7 Å². The lowest BCUT2D eigenvalue weighted by molar-refractivity contribution is 0.102. The van der Waals surface area contributed by atoms with Gasteiger partial charge in [-0.25, -0.2) is 8.42 Å². The van der Waals surface area contributed by atoms with Crippen molar-refractivity contribution in [1.82, 2.24) is 9.21 Å². The second-order valence-electron chi connectivity index (χ2n) is 12.5. The van der Waals surface area contributed by atoms with Crippen molar-refractivity contribution in [3.05, 3.63) is 132 Å². The molecule has 45 heavy (non-hydrogen) atoms. The maximum absolute atomic E-state index is 14.1. The van der Waals surface area contributed by atoms with Crippen LogP contribution in [-0.4, -0.2) is 61.6 Å². The normalized spacial score (nSPS) is 13.6. The molecule has 0 amide bonds. The van der Waals surface area contributed by atoms with Gasteiger partial charge in [0.1, 0.15) is 5.75 Å². The fraction of sp³-hybridized carbons (Fsp3) is 0.351. The van der Waals surface area contributed by atoms with E-state index in [-0.39, 0.29) is 18.0 Å². The van der Waals surface area contributed by atoms with Gasteiger partial charge in [-0.1, -0.05) is 105 Å². The molecule has 2 unspecified atom stereocenters. The van der Waals surface area contributed by atoms with Crippen molar-refractivity contribution in [2.45, 2.75) is 56.8 Å².